The van der Waals surface area contributed by atoms with Gasteiger partial charge >= 0.3 is 0 Å². The van der Waals surface area contributed by atoms with Gasteiger partial charge < -0.3 is 15.0 Å². The molecule has 2 rings (SSSR count). The first-order chi connectivity index (χ1) is 10.6. The van der Waals surface area contributed by atoms with E-state index in [1.807, 2.05) is 23.4 Å². The molecule has 7 nitrogen and oxygen atoms in total. The average Bonchev–Trinajstić information content (AvgIpc) is 2.81. The highest BCUT2D eigenvalue weighted by Crippen LogP contribution is 2.18. The summed E-state index contributed by atoms with van der Waals surface area (Å²) in [6.07, 6.45) is 2.19. The number of hydrogen-bond acceptors (Lipinski definition) is 5. The highest BCUT2D eigenvalue weighted by Gasteiger charge is 2.24. The Hall–Kier alpha value is -0.890. The summed E-state index contributed by atoms with van der Waals surface area (Å²) in [7, 11) is 1.66. The van der Waals surface area contributed by atoms with Crippen molar-refractivity contribution in [3.05, 3.63) is 11.6 Å². The summed E-state index contributed by atoms with van der Waals surface area (Å²) in [5, 5.41) is 7.54. The van der Waals surface area contributed by atoms with Crippen LogP contribution in [-0.2, 0) is 16.1 Å². The van der Waals surface area contributed by atoms with Crippen LogP contribution in [0.1, 0.15) is 24.5 Å². The fraction of sp³-hybridized carbons (Fsp3) is 0.800. The molecule has 0 saturated carbocycles. The predicted molar refractivity (Wildman–Crippen MR) is 98.0 cm³/mol. The van der Waals surface area contributed by atoms with Crippen LogP contribution in [0.5, 0.6) is 0 Å². The van der Waals surface area contributed by atoms with E-state index in [4.69, 9.17) is 4.74 Å². The molecule has 0 aromatic carbocycles. The van der Waals surface area contributed by atoms with Gasteiger partial charge in [-0.15, -0.1) is 24.8 Å². The summed E-state index contributed by atoms with van der Waals surface area (Å²) in [5.74, 6) is 2.38. The number of hydrogen-bond donors (Lipinski definition) is 1. The molecular formula is C15H29Cl2N5O2. The fourth-order valence-corrected chi connectivity index (χ4v) is 2.90. The van der Waals surface area contributed by atoms with E-state index in [-0.39, 0.29) is 30.7 Å². The second-order valence-corrected chi connectivity index (χ2v) is 5.91. The molecule has 2 heterocycles. The van der Waals surface area contributed by atoms with Gasteiger partial charge in [-0.2, -0.15) is 5.10 Å². The Morgan fingerprint density at radius 1 is 1.38 bits per heavy atom. The standard InChI is InChI=1S/C15H27N5O2.2ClH/c1-12-17-13(2)20(18-12)11-14-5-4-7-19(10-14)15(21)9-16-6-8-22-3;;/h14,16H,4-11H2,1-3H3;2*1H. The van der Waals surface area contributed by atoms with Gasteiger partial charge in [0.2, 0.25) is 5.91 Å². The molecule has 1 unspecified atom stereocenters. The van der Waals surface area contributed by atoms with Crippen LogP contribution in [0.2, 0.25) is 0 Å². The number of amides is 1. The van der Waals surface area contributed by atoms with E-state index in [1.54, 1.807) is 7.11 Å². The molecule has 0 bridgehead atoms. The SMILES string of the molecule is COCCNCC(=O)N1CCCC(Cn2nc(C)nc2C)C1.Cl.Cl. The first-order valence-corrected chi connectivity index (χ1v) is 7.95. The molecule has 9 heteroatoms. The van der Waals surface area contributed by atoms with Crippen LogP contribution >= 0.6 is 24.8 Å². The highest BCUT2D eigenvalue weighted by molar-refractivity contribution is 5.85. The fourth-order valence-electron chi connectivity index (χ4n) is 2.90. The topological polar surface area (TPSA) is 72.3 Å². The first kappa shape index (κ1) is 23.1. The maximum absolute atomic E-state index is 12.2. The van der Waals surface area contributed by atoms with Crippen LogP contribution in [0, 0.1) is 19.8 Å². The molecule has 1 atom stereocenters. The minimum atomic E-state index is 0. The second-order valence-electron chi connectivity index (χ2n) is 5.91. The minimum Gasteiger partial charge on any atom is -0.383 e. The summed E-state index contributed by atoms with van der Waals surface area (Å²) in [6.45, 7) is 8.11. The normalized spacial score (nSPS) is 17.1. The molecule has 0 radical (unpaired) electrons. The maximum atomic E-state index is 12.2. The van der Waals surface area contributed by atoms with Crippen molar-refractivity contribution < 1.29 is 9.53 Å². The van der Waals surface area contributed by atoms with E-state index < -0.39 is 0 Å². The van der Waals surface area contributed by atoms with E-state index in [1.165, 1.54) is 0 Å². The summed E-state index contributed by atoms with van der Waals surface area (Å²) in [5.41, 5.74) is 0. The first-order valence-electron chi connectivity index (χ1n) is 7.95. The molecule has 1 saturated heterocycles. The molecule has 140 valence electrons. The molecule has 1 aliphatic heterocycles. The van der Waals surface area contributed by atoms with Gasteiger partial charge in [0.1, 0.15) is 11.6 Å². The number of carbonyl (C=O) groups is 1. The molecular weight excluding hydrogens is 353 g/mol. The Kier molecular flexibility index (Phi) is 11.2. The van der Waals surface area contributed by atoms with Crippen molar-refractivity contribution in [2.75, 3.05) is 39.9 Å². The molecule has 1 N–H and O–H groups in total. The van der Waals surface area contributed by atoms with Gasteiger partial charge in [0.05, 0.1) is 13.2 Å². The second kappa shape index (κ2) is 11.6. The number of rotatable bonds is 7. The minimum absolute atomic E-state index is 0. The largest absolute Gasteiger partial charge is 0.383 e. The number of likely N-dealkylation sites (tertiary alicyclic amines) is 1. The number of piperidine rings is 1. The zero-order chi connectivity index (χ0) is 15.9. The number of ether oxygens (including phenoxy) is 1. The van der Waals surface area contributed by atoms with Crippen LogP contribution in [0.3, 0.4) is 0 Å². The van der Waals surface area contributed by atoms with Crippen molar-refractivity contribution in [3.63, 3.8) is 0 Å². The Balaban J connectivity index is 0.00000264. The molecule has 1 aliphatic rings. The monoisotopic (exact) mass is 381 g/mol. The Labute approximate surface area is 156 Å². The molecule has 0 spiro atoms. The lowest BCUT2D eigenvalue weighted by Crippen LogP contribution is -2.45. The van der Waals surface area contributed by atoms with Crippen LogP contribution in [0.25, 0.3) is 0 Å². The van der Waals surface area contributed by atoms with Gasteiger partial charge in [-0.3, -0.25) is 4.79 Å². The molecule has 1 amide bonds. The van der Waals surface area contributed by atoms with Crippen molar-refractivity contribution in [2.45, 2.75) is 33.2 Å². The number of aryl methyl sites for hydroxylation is 2. The summed E-state index contributed by atoms with van der Waals surface area (Å²) in [4.78, 5) is 18.5. The summed E-state index contributed by atoms with van der Waals surface area (Å²) in [6, 6.07) is 0. The van der Waals surface area contributed by atoms with E-state index in [9.17, 15) is 4.79 Å². The van der Waals surface area contributed by atoms with Crippen molar-refractivity contribution in [1.82, 2.24) is 25.0 Å². The number of aromatic nitrogens is 3. The lowest BCUT2D eigenvalue weighted by molar-refractivity contribution is -0.132. The molecule has 0 aliphatic carbocycles. The average molecular weight is 382 g/mol. The van der Waals surface area contributed by atoms with Gasteiger partial charge in [-0.05, 0) is 32.6 Å². The zero-order valence-electron chi connectivity index (χ0n) is 14.7. The Morgan fingerprint density at radius 3 is 2.75 bits per heavy atom. The van der Waals surface area contributed by atoms with Crippen LogP contribution in [0.15, 0.2) is 0 Å². The lowest BCUT2D eigenvalue weighted by atomic mass is 9.98. The zero-order valence-corrected chi connectivity index (χ0v) is 16.3. The third-order valence-electron chi connectivity index (χ3n) is 4.02. The number of nitrogens with zero attached hydrogens (tertiary/aromatic N) is 4. The van der Waals surface area contributed by atoms with Gasteiger partial charge in [0.25, 0.3) is 0 Å². The highest BCUT2D eigenvalue weighted by atomic mass is 35.5. The van der Waals surface area contributed by atoms with Crippen molar-refractivity contribution in [1.29, 1.82) is 0 Å². The van der Waals surface area contributed by atoms with Crippen LogP contribution < -0.4 is 5.32 Å². The Morgan fingerprint density at radius 2 is 2.12 bits per heavy atom. The van der Waals surface area contributed by atoms with E-state index in [2.05, 4.69) is 15.4 Å². The number of nitrogens with one attached hydrogen (secondary N) is 1. The van der Waals surface area contributed by atoms with Gasteiger partial charge in [0, 0.05) is 33.3 Å². The van der Waals surface area contributed by atoms with Gasteiger partial charge in [-0.1, -0.05) is 0 Å². The van der Waals surface area contributed by atoms with Crippen LogP contribution in [-0.4, -0.2) is 65.5 Å². The number of halogens is 2. The van der Waals surface area contributed by atoms with Crippen molar-refractivity contribution in [2.24, 2.45) is 5.92 Å². The third-order valence-corrected chi connectivity index (χ3v) is 4.02. The third kappa shape index (κ3) is 6.93. The molecule has 1 fully saturated rings. The lowest BCUT2D eigenvalue weighted by Gasteiger charge is -2.33. The Bertz CT molecular complexity index is 498. The predicted octanol–water partition coefficient (Wildman–Crippen LogP) is 1.21. The summed E-state index contributed by atoms with van der Waals surface area (Å²) >= 11 is 0. The van der Waals surface area contributed by atoms with Gasteiger partial charge in [0.15, 0.2) is 0 Å². The van der Waals surface area contributed by atoms with Crippen molar-refractivity contribution in [3.8, 4) is 0 Å². The number of carbonyl (C=O) groups excluding carboxylic acids is 1. The quantitative estimate of drug-likeness (QED) is 0.718. The molecule has 1 aromatic heterocycles. The summed E-state index contributed by atoms with van der Waals surface area (Å²) < 4.78 is 6.93. The van der Waals surface area contributed by atoms with E-state index in [0.717, 1.165) is 44.1 Å². The van der Waals surface area contributed by atoms with Crippen LogP contribution in [0.4, 0.5) is 0 Å². The number of methoxy groups -OCH3 is 1. The van der Waals surface area contributed by atoms with Gasteiger partial charge in [-0.25, -0.2) is 9.67 Å². The maximum Gasteiger partial charge on any atom is 0.236 e. The van der Waals surface area contributed by atoms with E-state index in [0.29, 0.717) is 25.6 Å². The molecule has 1 aromatic rings. The molecule has 24 heavy (non-hydrogen) atoms. The smallest absolute Gasteiger partial charge is 0.236 e. The van der Waals surface area contributed by atoms with E-state index >= 15 is 0 Å². The van der Waals surface area contributed by atoms with Crippen molar-refractivity contribution >= 4 is 30.7 Å².